The minimum atomic E-state index is -3.48. The number of nitrogens with zero attached hydrogens (tertiary/aromatic N) is 3. The summed E-state index contributed by atoms with van der Waals surface area (Å²) in [5.41, 5.74) is -0.629. The topological polar surface area (TPSA) is 112 Å². The zero-order valence-corrected chi connectivity index (χ0v) is 20.6. The number of aryl methyl sites for hydroxylation is 1. The van der Waals surface area contributed by atoms with Crippen molar-refractivity contribution in [3.63, 3.8) is 0 Å². The highest BCUT2D eigenvalue weighted by Gasteiger charge is 2.31. The molecule has 1 N–H and O–H groups in total. The molecule has 1 fully saturated rings. The van der Waals surface area contributed by atoms with Crippen molar-refractivity contribution >= 4 is 45.6 Å². The number of rotatable bonds is 5. The van der Waals surface area contributed by atoms with E-state index < -0.39 is 32.5 Å². The summed E-state index contributed by atoms with van der Waals surface area (Å²) in [5.74, 6) is -0.559. The Morgan fingerprint density at radius 1 is 1.00 bits per heavy atom. The number of pyridine rings is 1. The third kappa shape index (κ3) is 3.97. The molecule has 36 heavy (non-hydrogen) atoms. The van der Waals surface area contributed by atoms with Crippen molar-refractivity contribution in [3.05, 3.63) is 85.5 Å². The van der Waals surface area contributed by atoms with Crippen LogP contribution < -0.4 is 27.6 Å². The van der Waals surface area contributed by atoms with Crippen molar-refractivity contribution in [2.75, 3.05) is 11.6 Å². The van der Waals surface area contributed by atoms with E-state index in [0.29, 0.717) is 18.3 Å². The molecule has 0 saturated heterocycles. The van der Waals surface area contributed by atoms with E-state index >= 15 is 0 Å². The monoisotopic (exact) mass is 508 g/mol. The van der Waals surface area contributed by atoms with Gasteiger partial charge in [-0.3, -0.25) is 18.7 Å². The number of sulfone groups is 1. The molecule has 12 heteroatoms. The molecule has 5 rings (SSSR count). The summed E-state index contributed by atoms with van der Waals surface area (Å²) in [6.45, 7) is 0. The molecule has 0 aliphatic heterocycles. The van der Waals surface area contributed by atoms with Crippen molar-refractivity contribution in [2.45, 2.75) is 23.8 Å². The van der Waals surface area contributed by atoms with Crippen molar-refractivity contribution in [1.82, 2.24) is 13.7 Å². The molecule has 0 spiro atoms. The van der Waals surface area contributed by atoms with Gasteiger partial charge in [-0.1, -0.05) is 11.5 Å². The maximum absolute atomic E-state index is 14.6. The van der Waals surface area contributed by atoms with E-state index in [1.54, 1.807) is 13.9 Å². The Bertz CT molecular complexity index is 1840. The molecule has 4 aromatic rings. The molecular formula is C24H22BFN4O5S. The average Bonchev–Trinajstić information content (AvgIpc) is 3.63. The van der Waals surface area contributed by atoms with Gasteiger partial charge in [0.15, 0.2) is 9.84 Å². The molecule has 0 amide bonds. The molecule has 2 aromatic heterocycles. The first-order valence-corrected chi connectivity index (χ1v) is 13.1. The first kappa shape index (κ1) is 23.8. The SMILES string of the molecule is Bc1ccc(Nc2cc(=O)n(C)c3c2c(=O)n(C2CC2)c(=O)n3-c2ccc(S(C)(=O)=O)cc2)c(F)c1. The standard InChI is InChI=1S/C24H22BFN4O5S/c1-28-20(31)12-19(27-18-10-3-13(25)11-17(18)26)21-22(28)29(24(33)30(23(21)32)15-4-5-15)14-6-8-16(9-7-14)36(2,34)35/h3,6-12,15,27H,4-5,25H2,1-2H3. The smallest absolute Gasteiger partial charge is 0.337 e. The fourth-order valence-electron chi connectivity index (χ4n) is 4.26. The van der Waals surface area contributed by atoms with Crippen LogP contribution in [0.5, 0.6) is 0 Å². The third-order valence-corrected chi connectivity index (χ3v) is 7.41. The Hall–Kier alpha value is -3.93. The number of nitrogens with one attached hydrogen (secondary N) is 1. The molecule has 0 unspecified atom stereocenters. The molecule has 184 valence electrons. The summed E-state index contributed by atoms with van der Waals surface area (Å²) in [7, 11) is -0.308. The lowest BCUT2D eigenvalue weighted by Gasteiger charge is -2.19. The Kier molecular flexibility index (Phi) is 5.51. The van der Waals surface area contributed by atoms with Crippen molar-refractivity contribution < 1.29 is 12.8 Å². The number of halogens is 1. The van der Waals surface area contributed by atoms with E-state index in [-0.39, 0.29) is 39.0 Å². The molecule has 0 atom stereocenters. The second-order valence-corrected chi connectivity index (χ2v) is 11.1. The first-order valence-electron chi connectivity index (χ1n) is 11.2. The van der Waals surface area contributed by atoms with Crippen LogP contribution in [0, 0.1) is 5.82 Å². The number of aromatic nitrogens is 3. The quantitative estimate of drug-likeness (QED) is 0.398. The summed E-state index contributed by atoms with van der Waals surface area (Å²) in [5, 5.41) is 2.91. The Labute approximate surface area is 205 Å². The lowest BCUT2D eigenvalue weighted by Crippen LogP contribution is -2.41. The van der Waals surface area contributed by atoms with E-state index in [1.807, 2.05) is 0 Å². The second kappa shape index (κ2) is 8.33. The van der Waals surface area contributed by atoms with Gasteiger partial charge in [-0.05, 0) is 49.2 Å². The van der Waals surface area contributed by atoms with Crippen LogP contribution in [0.3, 0.4) is 0 Å². The van der Waals surface area contributed by atoms with Gasteiger partial charge in [0.05, 0.1) is 22.0 Å². The number of benzene rings is 2. The molecule has 1 saturated carbocycles. The highest BCUT2D eigenvalue weighted by Crippen LogP contribution is 2.33. The van der Waals surface area contributed by atoms with Crippen molar-refractivity contribution in [2.24, 2.45) is 7.05 Å². The normalized spacial score (nSPS) is 13.8. The Morgan fingerprint density at radius 2 is 1.67 bits per heavy atom. The predicted molar refractivity (Wildman–Crippen MR) is 138 cm³/mol. The summed E-state index contributed by atoms with van der Waals surface area (Å²) >= 11 is 0. The van der Waals surface area contributed by atoms with Gasteiger partial charge in [-0.15, -0.1) is 0 Å². The zero-order valence-electron chi connectivity index (χ0n) is 19.8. The van der Waals surface area contributed by atoms with Gasteiger partial charge in [0.25, 0.3) is 11.1 Å². The lowest BCUT2D eigenvalue weighted by atomic mass is 9.96. The van der Waals surface area contributed by atoms with Crippen LogP contribution in [-0.4, -0.2) is 36.2 Å². The first-order chi connectivity index (χ1) is 17.0. The second-order valence-electron chi connectivity index (χ2n) is 9.05. The van der Waals surface area contributed by atoms with Crippen LogP contribution in [0.1, 0.15) is 18.9 Å². The van der Waals surface area contributed by atoms with Crippen LogP contribution in [-0.2, 0) is 16.9 Å². The molecule has 1 aliphatic carbocycles. The highest BCUT2D eigenvalue weighted by atomic mass is 32.2. The summed E-state index contributed by atoms with van der Waals surface area (Å²) in [6, 6.07) is 11.0. The predicted octanol–water partition coefficient (Wildman–Crippen LogP) is 0.731. The van der Waals surface area contributed by atoms with Gasteiger partial charge in [0.2, 0.25) is 0 Å². The minimum Gasteiger partial charge on any atom is -0.352 e. The van der Waals surface area contributed by atoms with Crippen LogP contribution in [0.4, 0.5) is 15.8 Å². The van der Waals surface area contributed by atoms with Gasteiger partial charge in [0.1, 0.15) is 24.7 Å². The zero-order chi connectivity index (χ0) is 25.9. The van der Waals surface area contributed by atoms with Gasteiger partial charge < -0.3 is 5.32 Å². The molecule has 0 bridgehead atoms. The van der Waals surface area contributed by atoms with E-state index in [1.165, 1.54) is 58.6 Å². The summed E-state index contributed by atoms with van der Waals surface area (Å²) in [4.78, 5) is 40.2. The number of hydrogen-bond acceptors (Lipinski definition) is 6. The van der Waals surface area contributed by atoms with Crippen LogP contribution in [0.15, 0.2) is 67.8 Å². The minimum absolute atomic E-state index is 0.0107. The molecule has 1 aliphatic rings. The van der Waals surface area contributed by atoms with Crippen molar-refractivity contribution in [1.29, 1.82) is 0 Å². The fraction of sp³-hybridized carbons (Fsp3) is 0.208. The Morgan fingerprint density at radius 3 is 2.25 bits per heavy atom. The van der Waals surface area contributed by atoms with Crippen molar-refractivity contribution in [3.8, 4) is 5.69 Å². The average molecular weight is 508 g/mol. The van der Waals surface area contributed by atoms with E-state index in [9.17, 15) is 27.2 Å². The lowest BCUT2D eigenvalue weighted by molar-refractivity contribution is 0.602. The summed E-state index contributed by atoms with van der Waals surface area (Å²) < 4.78 is 42.0. The summed E-state index contributed by atoms with van der Waals surface area (Å²) in [6.07, 6.45) is 2.37. The van der Waals surface area contributed by atoms with Gasteiger partial charge in [-0.2, -0.15) is 0 Å². The van der Waals surface area contributed by atoms with E-state index in [0.717, 1.165) is 10.8 Å². The molecule has 0 radical (unpaired) electrons. The van der Waals surface area contributed by atoms with Crippen LogP contribution in [0.2, 0.25) is 0 Å². The van der Waals surface area contributed by atoms with Crippen LogP contribution >= 0.6 is 0 Å². The maximum atomic E-state index is 14.6. The Balaban J connectivity index is 1.87. The molecule has 2 heterocycles. The van der Waals surface area contributed by atoms with E-state index in [4.69, 9.17) is 0 Å². The van der Waals surface area contributed by atoms with Gasteiger partial charge >= 0.3 is 5.69 Å². The molecular weight excluding hydrogens is 486 g/mol. The third-order valence-electron chi connectivity index (χ3n) is 6.28. The maximum Gasteiger partial charge on any atom is 0.337 e. The van der Waals surface area contributed by atoms with Crippen LogP contribution in [0.25, 0.3) is 16.7 Å². The number of anilines is 2. The van der Waals surface area contributed by atoms with E-state index in [2.05, 4.69) is 5.32 Å². The molecule has 9 nitrogen and oxygen atoms in total. The van der Waals surface area contributed by atoms with Gasteiger partial charge in [-0.25, -0.2) is 22.2 Å². The largest absolute Gasteiger partial charge is 0.352 e. The highest BCUT2D eigenvalue weighted by molar-refractivity contribution is 7.90. The number of fused-ring (bicyclic) bond motifs is 1. The number of hydrogen-bond donors (Lipinski definition) is 1. The fourth-order valence-corrected chi connectivity index (χ4v) is 4.89. The van der Waals surface area contributed by atoms with Gasteiger partial charge in [0, 0.05) is 25.4 Å². The molecule has 2 aromatic carbocycles.